The largest absolute Gasteiger partial charge is 0.346 e. The third kappa shape index (κ3) is 2.33. The zero-order valence-electron chi connectivity index (χ0n) is 10.9. The number of ketones is 1. The molecule has 0 unspecified atom stereocenters. The standard InChI is InChI=1S/C12H19N3O2/c1-8(16)7-14-11(17)15(9-5-6-9)10(13-14)12(2,3)4/h9H,5-7H2,1-4H3. The van der Waals surface area contributed by atoms with E-state index in [0.717, 1.165) is 18.7 Å². The van der Waals surface area contributed by atoms with Crippen LogP contribution < -0.4 is 5.69 Å². The van der Waals surface area contributed by atoms with Crippen LogP contribution in [0, 0.1) is 0 Å². The van der Waals surface area contributed by atoms with Crippen LogP contribution in [0.4, 0.5) is 0 Å². The molecule has 0 amide bonds. The number of Topliss-reactive ketones (excluding diaryl/α,β-unsaturated/α-hetero) is 1. The first-order valence-corrected chi connectivity index (χ1v) is 6.00. The highest BCUT2D eigenvalue weighted by Crippen LogP contribution is 2.36. The van der Waals surface area contributed by atoms with Crippen molar-refractivity contribution in [2.45, 2.75) is 58.5 Å². The molecule has 2 rings (SSSR count). The molecule has 0 aromatic carbocycles. The zero-order valence-corrected chi connectivity index (χ0v) is 10.9. The second-order valence-electron chi connectivity index (χ2n) is 5.82. The van der Waals surface area contributed by atoms with E-state index in [9.17, 15) is 9.59 Å². The SMILES string of the molecule is CC(=O)Cn1nc(C(C)(C)C)n(C2CC2)c1=O. The molecule has 1 fully saturated rings. The summed E-state index contributed by atoms with van der Waals surface area (Å²) >= 11 is 0. The molecule has 1 heterocycles. The molecule has 0 radical (unpaired) electrons. The molecule has 0 bridgehead atoms. The Hall–Kier alpha value is -1.39. The summed E-state index contributed by atoms with van der Waals surface area (Å²) in [5.41, 5.74) is -0.323. The lowest BCUT2D eigenvalue weighted by atomic mass is 9.96. The monoisotopic (exact) mass is 237 g/mol. The summed E-state index contributed by atoms with van der Waals surface area (Å²) in [4.78, 5) is 23.3. The van der Waals surface area contributed by atoms with Crippen molar-refractivity contribution in [1.82, 2.24) is 14.3 Å². The predicted octanol–water partition coefficient (Wildman–Crippen LogP) is 1.27. The summed E-state index contributed by atoms with van der Waals surface area (Å²) in [5, 5.41) is 4.33. The summed E-state index contributed by atoms with van der Waals surface area (Å²) in [6.45, 7) is 7.64. The van der Waals surface area contributed by atoms with Crippen molar-refractivity contribution in [2.75, 3.05) is 0 Å². The molecule has 0 atom stereocenters. The van der Waals surface area contributed by atoms with Gasteiger partial charge in [0.15, 0.2) is 5.78 Å². The lowest BCUT2D eigenvalue weighted by Crippen LogP contribution is -2.28. The normalized spacial score (nSPS) is 16.2. The van der Waals surface area contributed by atoms with Gasteiger partial charge in [-0.1, -0.05) is 20.8 Å². The van der Waals surface area contributed by atoms with E-state index in [1.807, 2.05) is 20.8 Å². The maximum atomic E-state index is 12.2. The molecular weight excluding hydrogens is 218 g/mol. The first-order valence-electron chi connectivity index (χ1n) is 6.00. The van der Waals surface area contributed by atoms with Gasteiger partial charge in [-0.3, -0.25) is 9.36 Å². The Morgan fingerprint density at radius 1 is 1.41 bits per heavy atom. The predicted molar refractivity (Wildman–Crippen MR) is 64.1 cm³/mol. The molecule has 5 heteroatoms. The highest BCUT2D eigenvalue weighted by Gasteiger charge is 2.34. The van der Waals surface area contributed by atoms with Gasteiger partial charge in [0.2, 0.25) is 0 Å². The maximum Gasteiger partial charge on any atom is 0.346 e. The third-order valence-electron chi connectivity index (χ3n) is 2.83. The second kappa shape index (κ2) is 3.82. The van der Waals surface area contributed by atoms with Crippen LogP contribution in [-0.2, 0) is 16.8 Å². The van der Waals surface area contributed by atoms with Crippen molar-refractivity contribution in [2.24, 2.45) is 0 Å². The van der Waals surface area contributed by atoms with Gasteiger partial charge in [0.25, 0.3) is 0 Å². The van der Waals surface area contributed by atoms with E-state index < -0.39 is 0 Å². The smallest absolute Gasteiger partial charge is 0.298 e. The highest BCUT2D eigenvalue weighted by atomic mass is 16.2. The third-order valence-corrected chi connectivity index (χ3v) is 2.83. The Morgan fingerprint density at radius 3 is 2.41 bits per heavy atom. The molecular formula is C12H19N3O2. The Labute approximate surface area is 100 Å². The quantitative estimate of drug-likeness (QED) is 0.795. The molecule has 5 nitrogen and oxygen atoms in total. The van der Waals surface area contributed by atoms with Crippen molar-refractivity contribution in [3.8, 4) is 0 Å². The minimum Gasteiger partial charge on any atom is -0.298 e. The van der Waals surface area contributed by atoms with Crippen LogP contribution in [0.2, 0.25) is 0 Å². The summed E-state index contributed by atoms with van der Waals surface area (Å²) in [5.74, 6) is 0.735. The molecule has 0 saturated heterocycles. The minimum atomic E-state index is -0.177. The lowest BCUT2D eigenvalue weighted by Gasteiger charge is -2.17. The molecule has 17 heavy (non-hydrogen) atoms. The maximum absolute atomic E-state index is 12.2. The van der Waals surface area contributed by atoms with Crippen molar-refractivity contribution in [3.05, 3.63) is 16.3 Å². The van der Waals surface area contributed by atoms with Crippen LogP contribution in [-0.4, -0.2) is 20.1 Å². The Kier molecular flexibility index (Phi) is 2.72. The van der Waals surface area contributed by atoms with Crippen LogP contribution in [0.5, 0.6) is 0 Å². The van der Waals surface area contributed by atoms with E-state index in [1.165, 1.54) is 11.6 Å². The fourth-order valence-electron chi connectivity index (χ4n) is 1.91. The van der Waals surface area contributed by atoms with Crippen LogP contribution in [0.1, 0.15) is 52.4 Å². The number of rotatable bonds is 3. The molecule has 0 spiro atoms. The van der Waals surface area contributed by atoms with Gasteiger partial charge in [-0.25, -0.2) is 9.48 Å². The molecule has 1 aromatic rings. The van der Waals surface area contributed by atoms with E-state index >= 15 is 0 Å². The van der Waals surface area contributed by atoms with E-state index in [1.54, 1.807) is 4.57 Å². The van der Waals surface area contributed by atoms with Gasteiger partial charge in [-0.2, -0.15) is 5.10 Å². The molecule has 1 aliphatic carbocycles. The molecule has 0 aliphatic heterocycles. The second-order valence-corrected chi connectivity index (χ2v) is 5.82. The van der Waals surface area contributed by atoms with E-state index in [-0.39, 0.29) is 29.5 Å². The Bertz CT molecular complexity index is 501. The van der Waals surface area contributed by atoms with Gasteiger partial charge < -0.3 is 0 Å². The van der Waals surface area contributed by atoms with Crippen molar-refractivity contribution in [3.63, 3.8) is 0 Å². The molecule has 1 saturated carbocycles. The average molecular weight is 237 g/mol. The highest BCUT2D eigenvalue weighted by molar-refractivity contribution is 5.75. The van der Waals surface area contributed by atoms with Crippen LogP contribution in [0.25, 0.3) is 0 Å². The van der Waals surface area contributed by atoms with Crippen molar-refractivity contribution < 1.29 is 4.79 Å². The van der Waals surface area contributed by atoms with Crippen LogP contribution >= 0.6 is 0 Å². The number of hydrogen-bond acceptors (Lipinski definition) is 3. The van der Waals surface area contributed by atoms with E-state index in [2.05, 4.69) is 5.10 Å². The zero-order chi connectivity index (χ0) is 12.8. The molecule has 1 aliphatic rings. The Morgan fingerprint density at radius 2 is 2.00 bits per heavy atom. The van der Waals surface area contributed by atoms with E-state index in [0.29, 0.717) is 0 Å². The summed E-state index contributed by atoms with van der Waals surface area (Å²) in [7, 11) is 0. The number of carbonyl (C=O) groups excluding carboxylic acids is 1. The topological polar surface area (TPSA) is 56.9 Å². The van der Waals surface area contributed by atoms with Crippen molar-refractivity contribution >= 4 is 5.78 Å². The lowest BCUT2D eigenvalue weighted by molar-refractivity contribution is -0.117. The minimum absolute atomic E-state index is 0.0481. The Balaban J connectivity index is 2.51. The first-order chi connectivity index (χ1) is 7.80. The first kappa shape index (κ1) is 12.1. The average Bonchev–Trinajstić information content (AvgIpc) is 2.92. The molecule has 94 valence electrons. The van der Waals surface area contributed by atoms with Crippen LogP contribution in [0.3, 0.4) is 0 Å². The van der Waals surface area contributed by atoms with Gasteiger partial charge in [-0.05, 0) is 19.8 Å². The van der Waals surface area contributed by atoms with Gasteiger partial charge >= 0.3 is 5.69 Å². The number of aromatic nitrogens is 3. The molecule has 0 N–H and O–H groups in total. The summed E-state index contributed by atoms with van der Waals surface area (Å²) < 4.78 is 3.06. The fourth-order valence-corrected chi connectivity index (χ4v) is 1.91. The van der Waals surface area contributed by atoms with Gasteiger partial charge in [0, 0.05) is 11.5 Å². The van der Waals surface area contributed by atoms with Gasteiger partial charge in [-0.15, -0.1) is 0 Å². The molecule has 1 aromatic heterocycles. The van der Waals surface area contributed by atoms with E-state index in [4.69, 9.17) is 0 Å². The van der Waals surface area contributed by atoms with Crippen molar-refractivity contribution in [1.29, 1.82) is 0 Å². The summed E-state index contributed by atoms with van der Waals surface area (Å²) in [6, 6.07) is 0.289. The number of hydrogen-bond donors (Lipinski definition) is 0. The number of nitrogens with zero attached hydrogens (tertiary/aromatic N) is 3. The summed E-state index contributed by atoms with van der Waals surface area (Å²) in [6.07, 6.45) is 2.07. The number of carbonyl (C=O) groups is 1. The van der Waals surface area contributed by atoms with Crippen LogP contribution in [0.15, 0.2) is 4.79 Å². The van der Waals surface area contributed by atoms with Gasteiger partial charge in [0.1, 0.15) is 12.4 Å². The fraction of sp³-hybridized carbons (Fsp3) is 0.750. The van der Waals surface area contributed by atoms with Gasteiger partial charge in [0.05, 0.1) is 0 Å².